The molecular formula is C24H41IN4O2. The van der Waals surface area contributed by atoms with Crippen molar-refractivity contribution in [2.24, 2.45) is 4.99 Å². The largest absolute Gasteiger partial charge is 0.493 e. The fourth-order valence-electron chi connectivity index (χ4n) is 4.34. The Hall–Kier alpha value is -1.22. The molecule has 0 aromatic heterocycles. The molecule has 1 aromatic rings. The summed E-state index contributed by atoms with van der Waals surface area (Å²) >= 11 is 0. The Bertz CT molecular complexity index is 684. The van der Waals surface area contributed by atoms with E-state index >= 15 is 0 Å². The fraction of sp³-hybridized carbons (Fsp3) is 0.708. The van der Waals surface area contributed by atoms with E-state index in [-0.39, 0.29) is 24.0 Å². The van der Waals surface area contributed by atoms with Crippen molar-refractivity contribution in [3.63, 3.8) is 0 Å². The summed E-state index contributed by atoms with van der Waals surface area (Å²) in [5.41, 5.74) is 1.13. The smallest absolute Gasteiger partial charge is 0.191 e. The molecule has 2 fully saturated rings. The summed E-state index contributed by atoms with van der Waals surface area (Å²) in [6.07, 6.45) is 7.41. The van der Waals surface area contributed by atoms with Crippen molar-refractivity contribution in [3.05, 3.63) is 23.8 Å². The lowest BCUT2D eigenvalue weighted by Crippen LogP contribution is -2.49. The first-order chi connectivity index (χ1) is 14.6. The van der Waals surface area contributed by atoms with E-state index in [0.717, 1.165) is 68.3 Å². The van der Waals surface area contributed by atoms with E-state index in [0.29, 0.717) is 24.7 Å². The Morgan fingerprint density at radius 2 is 1.84 bits per heavy atom. The topological polar surface area (TPSA) is 58.1 Å². The Labute approximate surface area is 205 Å². The number of rotatable bonds is 8. The van der Waals surface area contributed by atoms with Gasteiger partial charge in [-0.3, -0.25) is 0 Å². The third kappa shape index (κ3) is 8.00. The van der Waals surface area contributed by atoms with Crippen molar-refractivity contribution < 1.29 is 9.47 Å². The third-order valence-corrected chi connectivity index (χ3v) is 6.19. The van der Waals surface area contributed by atoms with Crippen molar-refractivity contribution in [2.75, 3.05) is 26.7 Å². The van der Waals surface area contributed by atoms with Crippen molar-refractivity contribution in [3.8, 4) is 11.5 Å². The molecule has 0 atom stereocenters. The number of likely N-dealkylation sites (tertiary alicyclic amines) is 1. The molecule has 1 aromatic carbocycles. The van der Waals surface area contributed by atoms with Gasteiger partial charge in [-0.05, 0) is 77.0 Å². The molecule has 2 aliphatic rings. The fourth-order valence-corrected chi connectivity index (χ4v) is 4.34. The number of nitrogens with zero attached hydrogens (tertiary/aromatic N) is 2. The van der Waals surface area contributed by atoms with E-state index in [1.54, 1.807) is 7.11 Å². The summed E-state index contributed by atoms with van der Waals surface area (Å²) in [7, 11) is 1.70. The highest BCUT2D eigenvalue weighted by atomic mass is 127. The summed E-state index contributed by atoms with van der Waals surface area (Å²) in [5.74, 6) is 2.54. The van der Waals surface area contributed by atoms with Gasteiger partial charge in [0, 0.05) is 31.7 Å². The van der Waals surface area contributed by atoms with Crippen LogP contribution in [-0.2, 0) is 6.54 Å². The molecule has 0 bridgehead atoms. The second kappa shape index (κ2) is 13.4. The summed E-state index contributed by atoms with van der Waals surface area (Å²) in [4.78, 5) is 7.39. The highest BCUT2D eigenvalue weighted by Crippen LogP contribution is 2.32. The van der Waals surface area contributed by atoms with Crippen molar-refractivity contribution >= 4 is 29.9 Å². The molecule has 1 aliphatic heterocycles. The van der Waals surface area contributed by atoms with Crippen LogP contribution in [0.15, 0.2) is 23.2 Å². The number of hydrogen-bond donors (Lipinski definition) is 2. The Balaban J connectivity index is 0.00000341. The van der Waals surface area contributed by atoms with Gasteiger partial charge in [0.05, 0.1) is 19.8 Å². The minimum absolute atomic E-state index is 0. The predicted molar refractivity (Wildman–Crippen MR) is 139 cm³/mol. The molecule has 6 nitrogen and oxygen atoms in total. The van der Waals surface area contributed by atoms with Gasteiger partial charge in [-0.1, -0.05) is 6.07 Å². The van der Waals surface area contributed by atoms with E-state index < -0.39 is 0 Å². The van der Waals surface area contributed by atoms with E-state index in [9.17, 15) is 0 Å². The van der Waals surface area contributed by atoms with Gasteiger partial charge in [0.1, 0.15) is 0 Å². The lowest BCUT2D eigenvalue weighted by molar-refractivity contribution is 0.167. The summed E-state index contributed by atoms with van der Waals surface area (Å²) in [6.45, 7) is 10.4. The van der Waals surface area contributed by atoms with Gasteiger partial charge < -0.3 is 25.0 Å². The summed E-state index contributed by atoms with van der Waals surface area (Å²) in [6, 6.07) is 7.27. The average molecular weight is 545 g/mol. The van der Waals surface area contributed by atoms with Crippen molar-refractivity contribution in [1.29, 1.82) is 0 Å². The van der Waals surface area contributed by atoms with Crippen LogP contribution >= 0.6 is 24.0 Å². The first-order valence-corrected chi connectivity index (χ1v) is 11.7. The van der Waals surface area contributed by atoms with Crippen LogP contribution in [0.2, 0.25) is 0 Å². The standard InChI is InChI=1S/C24H40N4O2.HI/c1-5-25-24(27-20-12-14-28(15-13-20)18(2)3)26-17-19-10-11-22(29-4)23(16-19)30-21-8-6-7-9-21;/h10-11,16,18,20-21H,5-9,12-15,17H2,1-4H3,(H2,25,26,27);1H. The number of aliphatic imine (C=N–C) groups is 1. The van der Waals surface area contributed by atoms with Crippen LogP contribution in [0.1, 0.15) is 64.9 Å². The number of piperidine rings is 1. The molecule has 2 N–H and O–H groups in total. The molecule has 0 spiro atoms. The number of guanidine groups is 1. The van der Waals surface area contributed by atoms with E-state index in [4.69, 9.17) is 14.5 Å². The number of ether oxygens (including phenoxy) is 2. The average Bonchev–Trinajstić information content (AvgIpc) is 3.26. The van der Waals surface area contributed by atoms with Crippen LogP contribution in [0.4, 0.5) is 0 Å². The SMILES string of the molecule is CCNC(=NCc1ccc(OC)c(OC2CCCC2)c1)NC1CCN(C(C)C)CC1.I. The molecule has 176 valence electrons. The zero-order chi connectivity index (χ0) is 21.3. The van der Waals surface area contributed by atoms with Gasteiger partial charge in [-0.25, -0.2) is 4.99 Å². The maximum absolute atomic E-state index is 6.23. The third-order valence-electron chi connectivity index (χ3n) is 6.19. The molecule has 7 heteroatoms. The highest BCUT2D eigenvalue weighted by Gasteiger charge is 2.21. The Morgan fingerprint density at radius 1 is 1.13 bits per heavy atom. The van der Waals surface area contributed by atoms with Crippen molar-refractivity contribution in [1.82, 2.24) is 15.5 Å². The van der Waals surface area contributed by atoms with Crippen LogP contribution in [0, 0.1) is 0 Å². The molecule has 1 saturated carbocycles. The summed E-state index contributed by atoms with van der Waals surface area (Å²) in [5, 5.41) is 7.04. The first kappa shape index (κ1) is 26.0. The molecule has 3 rings (SSSR count). The van der Waals surface area contributed by atoms with E-state index in [2.05, 4.69) is 48.4 Å². The maximum atomic E-state index is 6.23. The minimum Gasteiger partial charge on any atom is -0.493 e. The van der Waals surface area contributed by atoms with Crippen LogP contribution in [0.3, 0.4) is 0 Å². The van der Waals surface area contributed by atoms with Gasteiger partial charge in [-0.2, -0.15) is 0 Å². The predicted octanol–water partition coefficient (Wildman–Crippen LogP) is 4.56. The van der Waals surface area contributed by atoms with Crippen LogP contribution in [0.25, 0.3) is 0 Å². The normalized spacial score (nSPS) is 18.7. The molecular weight excluding hydrogens is 503 g/mol. The number of nitrogens with one attached hydrogen (secondary N) is 2. The van der Waals surface area contributed by atoms with Gasteiger partial charge in [0.25, 0.3) is 0 Å². The second-order valence-electron chi connectivity index (χ2n) is 8.75. The van der Waals surface area contributed by atoms with Gasteiger partial charge in [0.2, 0.25) is 0 Å². The van der Waals surface area contributed by atoms with Crippen LogP contribution in [0.5, 0.6) is 11.5 Å². The van der Waals surface area contributed by atoms with Gasteiger partial charge in [-0.15, -0.1) is 24.0 Å². The van der Waals surface area contributed by atoms with E-state index in [1.807, 2.05) is 6.07 Å². The number of halogens is 1. The molecule has 1 saturated heterocycles. The number of methoxy groups -OCH3 is 1. The van der Waals surface area contributed by atoms with Crippen LogP contribution < -0.4 is 20.1 Å². The van der Waals surface area contributed by atoms with Gasteiger partial charge in [0.15, 0.2) is 17.5 Å². The zero-order valence-electron chi connectivity index (χ0n) is 19.7. The van der Waals surface area contributed by atoms with Gasteiger partial charge >= 0.3 is 0 Å². The lowest BCUT2D eigenvalue weighted by Gasteiger charge is -2.35. The number of hydrogen-bond acceptors (Lipinski definition) is 4. The minimum atomic E-state index is 0. The molecule has 0 unspecified atom stereocenters. The molecule has 0 radical (unpaired) electrons. The van der Waals surface area contributed by atoms with Crippen molar-refractivity contribution in [2.45, 2.75) is 84.0 Å². The Morgan fingerprint density at radius 3 is 2.45 bits per heavy atom. The Kier molecular flexibility index (Phi) is 11.2. The van der Waals surface area contributed by atoms with E-state index in [1.165, 1.54) is 12.8 Å². The highest BCUT2D eigenvalue weighted by molar-refractivity contribution is 14.0. The summed E-state index contributed by atoms with van der Waals surface area (Å²) < 4.78 is 11.7. The zero-order valence-corrected chi connectivity index (χ0v) is 22.0. The first-order valence-electron chi connectivity index (χ1n) is 11.7. The maximum Gasteiger partial charge on any atom is 0.191 e. The molecule has 1 heterocycles. The molecule has 31 heavy (non-hydrogen) atoms. The number of benzene rings is 1. The monoisotopic (exact) mass is 544 g/mol. The second-order valence-corrected chi connectivity index (χ2v) is 8.75. The lowest BCUT2D eigenvalue weighted by atomic mass is 10.0. The van der Waals surface area contributed by atoms with Crippen LogP contribution in [-0.4, -0.2) is 55.8 Å². The molecule has 1 aliphatic carbocycles. The quantitative estimate of drug-likeness (QED) is 0.286. The molecule has 0 amide bonds.